The summed E-state index contributed by atoms with van der Waals surface area (Å²) in [5.74, 6) is 0.907. The second-order valence-corrected chi connectivity index (χ2v) is 4.03. The Hall–Kier alpha value is -0.530. The molecule has 1 aliphatic heterocycles. The van der Waals surface area contributed by atoms with E-state index in [2.05, 4.69) is 32.7 Å². The van der Waals surface area contributed by atoms with Gasteiger partial charge in [-0.15, -0.1) is 0 Å². The number of aliphatic imine (C=N–C) groups is 1. The van der Waals surface area contributed by atoms with Crippen molar-refractivity contribution < 1.29 is 4.74 Å². The van der Waals surface area contributed by atoms with Gasteiger partial charge in [-0.3, -0.25) is 0 Å². The molecule has 0 unspecified atom stereocenters. The highest BCUT2D eigenvalue weighted by Gasteiger charge is 2.50. The van der Waals surface area contributed by atoms with Crippen molar-refractivity contribution in [1.29, 1.82) is 0 Å². The molecular formula is C9H17NO. The van der Waals surface area contributed by atoms with Crippen molar-refractivity contribution in [3.05, 3.63) is 0 Å². The predicted octanol–water partition coefficient (Wildman–Crippen LogP) is 2.24. The van der Waals surface area contributed by atoms with Crippen LogP contribution in [0.25, 0.3) is 0 Å². The SMILES string of the molecule is CCOC1=NC(C)(C)C1(C)C. The van der Waals surface area contributed by atoms with Crippen LogP contribution in [0.2, 0.25) is 0 Å². The van der Waals surface area contributed by atoms with Crippen molar-refractivity contribution in [3.63, 3.8) is 0 Å². The van der Waals surface area contributed by atoms with E-state index in [1.54, 1.807) is 0 Å². The zero-order valence-corrected chi connectivity index (χ0v) is 8.06. The fraction of sp³-hybridized carbons (Fsp3) is 0.889. The summed E-state index contributed by atoms with van der Waals surface area (Å²) in [4.78, 5) is 4.39. The van der Waals surface area contributed by atoms with Gasteiger partial charge in [-0.2, -0.15) is 0 Å². The highest BCUT2D eigenvalue weighted by atomic mass is 16.5. The van der Waals surface area contributed by atoms with Crippen molar-refractivity contribution in [2.75, 3.05) is 6.61 Å². The number of ether oxygens (including phenoxy) is 1. The molecule has 2 heteroatoms. The molecule has 1 heterocycles. The lowest BCUT2D eigenvalue weighted by Crippen LogP contribution is -2.54. The molecule has 1 aliphatic rings. The lowest BCUT2D eigenvalue weighted by Gasteiger charge is -2.47. The van der Waals surface area contributed by atoms with Gasteiger partial charge in [-0.1, -0.05) is 0 Å². The Kier molecular flexibility index (Phi) is 1.73. The Bertz CT molecular complexity index is 192. The lowest BCUT2D eigenvalue weighted by atomic mass is 9.69. The molecule has 0 spiro atoms. The third-order valence-corrected chi connectivity index (χ3v) is 2.73. The summed E-state index contributed by atoms with van der Waals surface area (Å²) in [6.45, 7) is 11.3. The second kappa shape index (κ2) is 2.23. The van der Waals surface area contributed by atoms with Gasteiger partial charge < -0.3 is 4.74 Å². The van der Waals surface area contributed by atoms with Gasteiger partial charge in [0.15, 0.2) is 5.90 Å². The lowest BCUT2D eigenvalue weighted by molar-refractivity contribution is 0.159. The van der Waals surface area contributed by atoms with E-state index >= 15 is 0 Å². The third-order valence-electron chi connectivity index (χ3n) is 2.73. The van der Waals surface area contributed by atoms with E-state index in [9.17, 15) is 0 Å². The monoisotopic (exact) mass is 155 g/mol. The summed E-state index contributed by atoms with van der Waals surface area (Å²) in [7, 11) is 0. The van der Waals surface area contributed by atoms with Gasteiger partial charge in [-0.05, 0) is 34.6 Å². The molecule has 1 rings (SSSR count). The molecule has 0 aromatic carbocycles. The Morgan fingerprint density at radius 2 is 1.82 bits per heavy atom. The maximum Gasteiger partial charge on any atom is 0.192 e. The minimum atomic E-state index is 0.0531. The van der Waals surface area contributed by atoms with Crippen LogP contribution in [0.15, 0.2) is 4.99 Å². The van der Waals surface area contributed by atoms with Crippen molar-refractivity contribution in [2.45, 2.75) is 40.2 Å². The van der Waals surface area contributed by atoms with Gasteiger partial charge in [-0.25, -0.2) is 4.99 Å². The van der Waals surface area contributed by atoms with Crippen molar-refractivity contribution in [3.8, 4) is 0 Å². The first-order chi connectivity index (χ1) is 4.92. The number of hydrogen-bond acceptors (Lipinski definition) is 2. The summed E-state index contributed by atoms with van der Waals surface area (Å²) in [6.07, 6.45) is 0. The molecule has 0 saturated carbocycles. The zero-order valence-electron chi connectivity index (χ0n) is 8.06. The van der Waals surface area contributed by atoms with Crippen LogP contribution >= 0.6 is 0 Å². The van der Waals surface area contributed by atoms with Crippen LogP contribution < -0.4 is 0 Å². The summed E-state index contributed by atoms with van der Waals surface area (Å²) in [5, 5.41) is 0. The Balaban J connectivity index is 2.74. The molecule has 0 atom stereocenters. The minimum absolute atomic E-state index is 0.0531. The Morgan fingerprint density at radius 3 is 2.09 bits per heavy atom. The molecule has 0 saturated heterocycles. The van der Waals surface area contributed by atoms with Gasteiger partial charge in [0.1, 0.15) is 0 Å². The molecule has 0 bridgehead atoms. The largest absolute Gasteiger partial charge is 0.481 e. The second-order valence-electron chi connectivity index (χ2n) is 4.03. The molecule has 0 aromatic rings. The first kappa shape index (κ1) is 8.57. The molecule has 2 nitrogen and oxygen atoms in total. The van der Waals surface area contributed by atoms with Crippen LogP contribution in [-0.2, 0) is 4.74 Å². The molecule has 11 heavy (non-hydrogen) atoms. The van der Waals surface area contributed by atoms with Gasteiger partial charge >= 0.3 is 0 Å². The van der Waals surface area contributed by atoms with Crippen molar-refractivity contribution >= 4 is 5.90 Å². The van der Waals surface area contributed by atoms with E-state index in [1.807, 2.05) is 6.92 Å². The van der Waals surface area contributed by atoms with Gasteiger partial charge in [0.2, 0.25) is 0 Å². The fourth-order valence-electron chi connectivity index (χ4n) is 1.09. The third kappa shape index (κ3) is 1.05. The molecule has 64 valence electrons. The van der Waals surface area contributed by atoms with E-state index in [4.69, 9.17) is 4.74 Å². The van der Waals surface area contributed by atoms with Crippen LogP contribution in [0.5, 0.6) is 0 Å². The van der Waals surface area contributed by atoms with Crippen LogP contribution in [0.3, 0.4) is 0 Å². The number of hydrogen-bond donors (Lipinski definition) is 0. The maximum atomic E-state index is 5.38. The highest BCUT2D eigenvalue weighted by Crippen LogP contribution is 2.44. The average Bonchev–Trinajstić information content (AvgIpc) is 1.87. The van der Waals surface area contributed by atoms with Crippen LogP contribution in [-0.4, -0.2) is 18.0 Å². The highest BCUT2D eigenvalue weighted by molar-refractivity contribution is 5.89. The number of nitrogens with zero attached hydrogens (tertiary/aromatic N) is 1. The smallest absolute Gasteiger partial charge is 0.192 e. The zero-order chi connectivity index (χ0) is 8.70. The normalized spacial score (nSPS) is 25.4. The van der Waals surface area contributed by atoms with E-state index in [0.717, 1.165) is 12.5 Å². The molecule has 0 radical (unpaired) electrons. The van der Waals surface area contributed by atoms with Crippen molar-refractivity contribution in [1.82, 2.24) is 0 Å². The molecule has 0 fully saturated rings. The fourth-order valence-corrected chi connectivity index (χ4v) is 1.09. The molecule has 0 aromatic heterocycles. The van der Waals surface area contributed by atoms with Crippen LogP contribution in [0, 0.1) is 5.41 Å². The van der Waals surface area contributed by atoms with Crippen LogP contribution in [0.1, 0.15) is 34.6 Å². The van der Waals surface area contributed by atoms with Crippen LogP contribution in [0.4, 0.5) is 0 Å². The first-order valence-electron chi connectivity index (χ1n) is 4.15. The maximum absolute atomic E-state index is 5.38. The summed E-state index contributed by atoms with van der Waals surface area (Å²) < 4.78 is 5.38. The topological polar surface area (TPSA) is 21.6 Å². The summed E-state index contributed by atoms with van der Waals surface area (Å²) in [5.41, 5.74) is 0.167. The Labute approximate surface area is 68.7 Å². The predicted molar refractivity (Wildman–Crippen MR) is 46.9 cm³/mol. The molecule has 0 N–H and O–H groups in total. The van der Waals surface area contributed by atoms with E-state index in [0.29, 0.717) is 0 Å². The summed E-state index contributed by atoms with van der Waals surface area (Å²) in [6, 6.07) is 0. The standard InChI is InChI=1S/C9H17NO/c1-6-11-7-8(2,3)9(4,5)10-7/h6H2,1-5H3. The first-order valence-corrected chi connectivity index (χ1v) is 4.15. The van der Waals surface area contributed by atoms with E-state index < -0.39 is 0 Å². The number of rotatable bonds is 1. The quantitative estimate of drug-likeness (QED) is 0.569. The molecule has 0 amide bonds. The molecular weight excluding hydrogens is 138 g/mol. The van der Waals surface area contributed by atoms with E-state index in [-0.39, 0.29) is 11.0 Å². The summed E-state index contributed by atoms with van der Waals surface area (Å²) >= 11 is 0. The van der Waals surface area contributed by atoms with Gasteiger partial charge in [0.25, 0.3) is 0 Å². The Morgan fingerprint density at radius 1 is 1.27 bits per heavy atom. The van der Waals surface area contributed by atoms with E-state index in [1.165, 1.54) is 0 Å². The average molecular weight is 155 g/mol. The van der Waals surface area contributed by atoms with Gasteiger partial charge in [0, 0.05) is 0 Å². The minimum Gasteiger partial charge on any atom is -0.481 e. The molecule has 0 aliphatic carbocycles. The van der Waals surface area contributed by atoms with Crippen molar-refractivity contribution in [2.24, 2.45) is 10.4 Å². The van der Waals surface area contributed by atoms with Gasteiger partial charge in [0.05, 0.1) is 17.6 Å².